The molecule has 0 heterocycles. The molecular formula is C10H13Cl2NO2. The zero-order valence-corrected chi connectivity index (χ0v) is 9.90. The Balaban J connectivity index is 0.00000196. The summed E-state index contributed by atoms with van der Waals surface area (Å²) in [5.41, 5.74) is 5.79. The van der Waals surface area contributed by atoms with E-state index in [-0.39, 0.29) is 18.2 Å². The van der Waals surface area contributed by atoms with Crippen molar-refractivity contribution < 1.29 is 9.53 Å². The Morgan fingerprint density at radius 1 is 1.53 bits per heavy atom. The van der Waals surface area contributed by atoms with E-state index in [0.29, 0.717) is 29.5 Å². The van der Waals surface area contributed by atoms with Gasteiger partial charge in [-0.25, -0.2) is 0 Å². The smallest absolute Gasteiger partial charge is 0.163 e. The Morgan fingerprint density at radius 3 is 2.73 bits per heavy atom. The molecule has 0 saturated carbocycles. The first-order valence-corrected chi connectivity index (χ1v) is 4.66. The van der Waals surface area contributed by atoms with Gasteiger partial charge in [-0.1, -0.05) is 11.6 Å². The third-order valence-electron chi connectivity index (χ3n) is 1.70. The normalized spacial score (nSPS) is 9.27. The number of hydrogen-bond acceptors (Lipinski definition) is 3. The first-order valence-electron chi connectivity index (χ1n) is 4.28. The minimum atomic E-state index is -0.0699. The number of ether oxygens (including phenoxy) is 1. The lowest BCUT2D eigenvalue weighted by atomic mass is 10.1. The highest BCUT2D eigenvalue weighted by Crippen LogP contribution is 2.23. The van der Waals surface area contributed by atoms with Crippen molar-refractivity contribution in [3.05, 3.63) is 28.8 Å². The Morgan fingerprint density at radius 2 is 2.20 bits per heavy atom. The quantitative estimate of drug-likeness (QED) is 0.834. The Labute approximate surface area is 100.0 Å². The lowest BCUT2D eigenvalue weighted by Gasteiger charge is -2.08. The van der Waals surface area contributed by atoms with E-state index in [9.17, 15) is 4.79 Å². The average molecular weight is 250 g/mol. The molecule has 84 valence electrons. The maximum atomic E-state index is 11.2. The van der Waals surface area contributed by atoms with Crippen LogP contribution >= 0.6 is 24.0 Å². The molecule has 1 rings (SSSR count). The van der Waals surface area contributed by atoms with Crippen LogP contribution in [0.3, 0.4) is 0 Å². The second-order valence-corrected chi connectivity index (χ2v) is 3.27. The van der Waals surface area contributed by atoms with E-state index >= 15 is 0 Å². The SMILES string of the molecule is CC(=O)c1cc(Cl)ccc1OCCN.Cl. The maximum absolute atomic E-state index is 11.2. The molecule has 0 aliphatic heterocycles. The number of hydrogen-bond donors (Lipinski definition) is 1. The van der Waals surface area contributed by atoms with Crippen LogP contribution in [0, 0.1) is 0 Å². The van der Waals surface area contributed by atoms with Crippen molar-refractivity contribution in [3.8, 4) is 5.75 Å². The van der Waals surface area contributed by atoms with Crippen molar-refractivity contribution in [2.24, 2.45) is 5.73 Å². The van der Waals surface area contributed by atoms with Gasteiger partial charge in [-0.3, -0.25) is 4.79 Å². The third kappa shape index (κ3) is 4.08. The number of rotatable bonds is 4. The number of nitrogens with two attached hydrogens (primary N) is 1. The van der Waals surface area contributed by atoms with Gasteiger partial charge < -0.3 is 10.5 Å². The van der Waals surface area contributed by atoms with Gasteiger partial charge in [-0.15, -0.1) is 12.4 Å². The largest absolute Gasteiger partial charge is 0.492 e. The monoisotopic (exact) mass is 249 g/mol. The van der Waals surface area contributed by atoms with Crippen LogP contribution in [0.2, 0.25) is 5.02 Å². The van der Waals surface area contributed by atoms with Crippen molar-refractivity contribution in [2.75, 3.05) is 13.2 Å². The van der Waals surface area contributed by atoms with Crippen molar-refractivity contribution in [1.29, 1.82) is 0 Å². The van der Waals surface area contributed by atoms with Crippen LogP contribution < -0.4 is 10.5 Å². The summed E-state index contributed by atoms with van der Waals surface area (Å²) < 4.78 is 5.30. The molecule has 15 heavy (non-hydrogen) atoms. The van der Waals surface area contributed by atoms with Gasteiger partial charge in [0, 0.05) is 11.6 Å². The van der Waals surface area contributed by atoms with Crippen molar-refractivity contribution in [3.63, 3.8) is 0 Å². The summed E-state index contributed by atoms with van der Waals surface area (Å²) in [4.78, 5) is 11.2. The van der Waals surface area contributed by atoms with E-state index < -0.39 is 0 Å². The average Bonchev–Trinajstić information content (AvgIpc) is 2.15. The second kappa shape index (κ2) is 6.67. The van der Waals surface area contributed by atoms with Crippen molar-refractivity contribution in [2.45, 2.75) is 6.92 Å². The fourth-order valence-corrected chi connectivity index (χ4v) is 1.24. The number of carbonyl (C=O) groups excluding carboxylic acids is 1. The molecule has 0 amide bonds. The van der Waals surface area contributed by atoms with Gasteiger partial charge in [0.1, 0.15) is 12.4 Å². The lowest BCUT2D eigenvalue weighted by molar-refractivity contribution is 0.101. The number of carbonyl (C=O) groups is 1. The second-order valence-electron chi connectivity index (χ2n) is 2.83. The molecular weight excluding hydrogens is 237 g/mol. The molecule has 0 aliphatic rings. The summed E-state index contributed by atoms with van der Waals surface area (Å²) in [6.07, 6.45) is 0. The fourth-order valence-electron chi connectivity index (χ4n) is 1.07. The number of ketones is 1. The lowest BCUT2D eigenvalue weighted by Crippen LogP contribution is -2.12. The Hall–Kier alpha value is -0.770. The van der Waals surface area contributed by atoms with Gasteiger partial charge in [0.15, 0.2) is 5.78 Å². The van der Waals surface area contributed by atoms with E-state index in [2.05, 4.69) is 0 Å². The Kier molecular flexibility index (Phi) is 6.32. The van der Waals surface area contributed by atoms with Crippen molar-refractivity contribution >= 4 is 29.8 Å². The van der Waals surface area contributed by atoms with Crippen LogP contribution in [-0.4, -0.2) is 18.9 Å². The molecule has 0 unspecified atom stereocenters. The molecule has 2 N–H and O–H groups in total. The predicted octanol–water partition coefficient (Wildman–Crippen LogP) is 2.30. The highest BCUT2D eigenvalue weighted by molar-refractivity contribution is 6.31. The summed E-state index contributed by atoms with van der Waals surface area (Å²) in [5, 5.41) is 0.523. The molecule has 0 fully saturated rings. The van der Waals surface area contributed by atoms with E-state index in [1.807, 2.05) is 0 Å². The minimum absolute atomic E-state index is 0. The van der Waals surface area contributed by atoms with Gasteiger partial charge in [0.05, 0.1) is 5.56 Å². The molecule has 0 atom stereocenters. The number of benzene rings is 1. The first-order chi connectivity index (χ1) is 6.65. The van der Waals surface area contributed by atoms with E-state index in [4.69, 9.17) is 22.1 Å². The molecule has 0 aromatic heterocycles. The van der Waals surface area contributed by atoms with Crippen LogP contribution in [-0.2, 0) is 0 Å². The summed E-state index contributed by atoms with van der Waals surface area (Å²) in [6.45, 7) is 2.28. The van der Waals surface area contributed by atoms with Crippen molar-refractivity contribution in [1.82, 2.24) is 0 Å². The molecule has 0 bridgehead atoms. The topological polar surface area (TPSA) is 52.3 Å². The molecule has 0 radical (unpaired) electrons. The van der Waals surface area contributed by atoms with Gasteiger partial charge in [0.2, 0.25) is 0 Å². The van der Waals surface area contributed by atoms with Crippen LogP contribution in [0.4, 0.5) is 0 Å². The third-order valence-corrected chi connectivity index (χ3v) is 1.93. The molecule has 5 heteroatoms. The summed E-state index contributed by atoms with van der Waals surface area (Å²) in [7, 11) is 0. The molecule has 0 saturated heterocycles. The predicted molar refractivity (Wildman–Crippen MR) is 63.3 cm³/mol. The standard InChI is InChI=1S/C10H12ClNO2.ClH/c1-7(13)9-6-8(11)2-3-10(9)14-5-4-12;/h2-3,6H,4-5,12H2,1H3;1H. The van der Waals surface area contributed by atoms with Gasteiger partial charge in [-0.05, 0) is 25.1 Å². The van der Waals surface area contributed by atoms with E-state index in [0.717, 1.165) is 0 Å². The zero-order valence-electron chi connectivity index (χ0n) is 8.33. The molecule has 0 spiro atoms. The zero-order chi connectivity index (χ0) is 10.6. The van der Waals surface area contributed by atoms with Crippen LogP contribution in [0.1, 0.15) is 17.3 Å². The molecule has 1 aromatic rings. The van der Waals surface area contributed by atoms with Crippen LogP contribution in [0.25, 0.3) is 0 Å². The van der Waals surface area contributed by atoms with Crippen LogP contribution in [0.15, 0.2) is 18.2 Å². The van der Waals surface area contributed by atoms with Gasteiger partial charge in [-0.2, -0.15) is 0 Å². The first kappa shape index (κ1) is 14.2. The van der Waals surface area contributed by atoms with Gasteiger partial charge >= 0.3 is 0 Å². The van der Waals surface area contributed by atoms with E-state index in [1.54, 1.807) is 18.2 Å². The molecule has 1 aromatic carbocycles. The summed E-state index contributed by atoms with van der Waals surface area (Å²) >= 11 is 5.76. The maximum Gasteiger partial charge on any atom is 0.163 e. The molecule has 3 nitrogen and oxygen atoms in total. The highest BCUT2D eigenvalue weighted by atomic mass is 35.5. The number of halogens is 2. The van der Waals surface area contributed by atoms with Crippen LogP contribution in [0.5, 0.6) is 5.75 Å². The summed E-state index contributed by atoms with van der Waals surface area (Å²) in [5.74, 6) is 0.465. The van der Waals surface area contributed by atoms with Gasteiger partial charge in [0.25, 0.3) is 0 Å². The highest BCUT2D eigenvalue weighted by Gasteiger charge is 2.08. The number of Topliss-reactive ketones (excluding diaryl/α,β-unsaturated/α-hetero) is 1. The Bertz CT molecular complexity index is 342. The minimum Gasteiger partial charge on any atom is -0.492 e. The van der Waals surface area contributed by atoms with E-state index in [1.165, 1.54) is 6.92 Å². The molecule has 0 aliphatic carbocycles. The fraction of sp³-hybridized carbons (Fsp3) is 0.300. The summed E-state index contributed by atoms with van der Waals surface area (Å²) in [6, 6.07) is 4.95.